The van der Waals surface area contributed by atoms with Gasteiger partial charge in [-0.3, -0.25) is 23.7 Å². The number of aryl methyl sites for hydroxylation is 2. The van der Waals surface area contributed by atoms with E-state index < -0.39 is 23.1 Å². The van der Waals surface area contributed by atoms with Crippen molar-refractivity contribution in [1.29, 1.82) is 0 Å². The fraction of sp³-hybridized carbons (Fsp3) is 0.361. The topological polar surface area (TPSA) is 116 Å². The molecule has 1 aliphatic rings. The van der Waals surface area contributed by atoms with E-state index in [1.54, 1.807) is 31.0 Å². The lowest BCUT2D eigenvalue weighted by molar-refractivity contribution is 0.0916. The number of likely N-dealkylation sites (N-methyl/N-ethyl adjacent to an activating group) is 1. The predicted octanol–water partition coefficient (Wildman–Crippen LogP) is 4.39. The van der Waals surface area contributed by atoms with E-state index in [4.69, 9.17) is 4.74 Å². The Morgan fingerprint density at radius 3 is 2.48 bits per heavy atom. The Bertz CT molecular complexity index is 2040. The molecule has 48 heavy (non-hydrogen) atoms. The molecule has 0 spiro atoms. The molecule has 1 aliphatic carbocycles. The molecule has 1 amide bonds. The van der Waals surface area contributed by atoms with E-state index in [9.17, 15) is 18.8 Å². The number of carbonyl (C=O) groups excluding carboxylic acids is 1. The van der Waals surface area contributed by atoms with Crippen molar-refractivity contribution in [2.24, 2.45) is 7.05 Å². The van der Waals surface area contributed by atoms with Gasteiger partial charge in [0.2, 0.25) is 0 Å². The largest absolute Gasteiger partial charge is 0.383 e. The van der Waals surface area contributed by atoms with Crippen molar-refractivity contribution in [3.63, 3.8) is 0 Å². The third kappa shape index (κ3) is 6.85. The summed E-state index contributed by atoms with van der Waals surface area (Å²) in [5.41, 5.74) is 3.75. The molecule has 1 saturated carbocycles. The average molecular weight is 654 g/mol. The molecule has 12 heteroatoms. The first-order valence-electron chi connectivity index (χ1n) is 16.1. The summed E-state index contributed by atoms with van der Waals surface area (Å²) in [4.78, 5) is 47.2. The van der Waals surface area contributed by atoms with Crippen LogP contribution in [0.3, 0.4) is 0 Å². The molecule has 0 radical (unpaired) electrons. The quantitative estimate of drug-likeness (QED) is 0.238. The first-order chi connectivity index (χ1) is 23.1. The van der Waals surface area contributed by atoms with Crippen LogP contribution in [0, 0.1) is 12.7 Å². The standard InChI is InChI=1S/C36H40FN7O4/c1-23-18-32(40-42(23)3)34(45)39-28-12-14-29(15-13-28)44-35(46)31-20-27(37)21-38-33(31)43(36(44)47)30-7-5-6-26(19-30)25-10-8-24(9-11-25)22-41(2)16-17-48-4/h5-11,18-21,28-29H,12-17,22H2,1-4H3,(H,39,45). The molecule has 250 valence electrons. The van der Waals surface area contributed by atoms with Gasteiger partial charge in [-0.05, 0) is 80.6 Å². The molecular weight excluding hydrogens is 613 g/mol. The van der Waals surface area contributed by atoms with Gasteiger partial charge in [0, 0.05) is 45.0 Å². The van der Waals surface area contributed by atoms with Gasteiger partial charge >= 0.3 is 5.69 Å². The number of pyridine rings is 1. The van der Waals surface area contributed by atoms with E-state index in [1.807, 2.05) is 44.3 Å². The van der Waals surface area contributed by atoms with Crippen LogP contribution in [-0.2, 0) is 18.3 Å². The Labute approximate surface area is 277 Å². The highest BCUT2D eigenvalue weighted by Gasteiger charge is 2.28. The van der Waals surface area contributed by atoms with Crippen LogP contribution in [0.1, 0.15) is 53.5 Å². The Kier molecular flexibility index (Phi) is 9.65. The van der Waals surface area contributed by atoms with Crippen molar-refractivity contribution < 1.29 is 13.9 Å². The van der Waals surface area contributed by atoms with Gasteiger partial charge in [0.25, 0.3) is 11.5 Å². The third-order valence-electron chi connectivity index (χ3n) is 9.16. The minimum atomic E-state index is -0.658. The van der Waals surface area contributed by atoms with Crippen LogP contribution >= 0.6 is 0 Å². The number of nitrogens with one attached hydrogen (secondary N) is 1. The van der Waals surface area contributed by atoms with Crippen molar-refractivity contribution >= 4 is 16.9 Å². The van der Waals surface area contributed by atoms with Crippen LogP contribution in [0.5, 0.6) is 0 Å². The number of methoxy groups -OCH3 is 1. The fourth-order valence-electron chi connectivity index (χ4n) is 6.41. The molecule has 0 unspecified atom stereocenters. The summed E-state index contributed by atoms with van der Waals surface area (Å²) in [5, 5.41) is 7.33. The summed E-state index contributed by atoms with van der Waals surface area (Å²) in [6.45, 7) is 4.15. The Balaban J connectivity index is 1.29. The number of fused-ring (bicyclic) bond motifs is 1. The molecule has 0 bridgehead atoms. The van der Waals surface area contributed by atoms with Crippen molar-refractivity contribution in [3.05, 3.63) is 110 Å². The molecular formula is C36H40FN7O4. The summed E-state index contributed by atoms with van der Waals surface area (Å²) in [6.07, 6.45) is 3.14. The fourth-order valence-corrected chi connectivity index (χ4v) is 6.41. The number of ether oxygens (including phenoxy) is 1. The van der Waals surface area contributed by atoms with Gasteiger partial charge in [-0.2, -0.15) is 5.10 Å². The van der Waals surface area contributed by atoms with E-state index in [1.165, 1.54) is 9.13 Å². The normalized spacial score (nSPS) is 16.5. The number of rotatable bonds is 10. The Morgan fingerprint density at radius 1 is 1.04 bits per heavy atom. The SMILES string of the molecule is COCCN(C)Cc1ccc(-c2cccc(-n3c(=O)n(C4CCC(NC(=O)c5cc(C)n(C)n5)CC4)c(=O)c4cc(F)cnc43)c2)cc1. The number of hydrogen-bond acceptors (Lipinski definition) is 7. The van der Waals surface area contributed by atoms with Crippen LogP contribution < -0.4 is 16.6 Å². The minimum absolute atomic E-state index is 0.0305. The van der Waals surface area contributed by atoms with E-state index in [0.29, 0.717) is 43.7 Å². The highest BCUT2D eigenvalue weighted by Crippen LogP contribution is 2.28. The van der Waals surface area contributed by atoms with Gasteiger partial charge in [0.05, 0.1) is 23.9 Å². The lowest BCUT2D eigenvalue weighted by atomic mass is 9.90. The van der Waals surface area contributed by atoms with Gasteiger partial charge < -0.3 is 10.1 Å². The maximum absolute atomic E-state index is 14.5. The predicted molar refractivity (Wildman–Crippen MR) is 182 cm³/mol. The smallest absolute Gasteiger partial charge is 0.337 e. The Hall–Kier alpha value is -4.94. The number of halogens is 1. The zero-order valence-corrected chi connectivity index (χ0v) is 27.6. The molecule has 0 saturated heterocycles. The first kappa shape index (κ1) is 33.0. The first-order valence-corrected chi connectivity index (χ1v) is 16.1. The molecule has 1 fully saturated rings. The van der Waals surface area contributed by atoms with Gasteiger partial charge in [0.15, 0.2) is 5.65 Å². The monoisotopic (exact) mass is 653 g/mol. The number of benzene rings is 2. The number of carbonyl (C=O) groups is 1. The lowest BCUT2D eigenvalue weighted by Gasteiger charge is -2.30. The van der Waals surface area contributed by atoms with Crippen molar-refractivity contribution in [2.75, 3.05) is 27.3 Å². The van der Waals surface area contributed by atoms with Crippen molar-refractivity contribution in [3.8, 4) is 16.8 Å². The zero-order valence-electron chi connectivity index (χ0n) is 27.6. The van der Waals surface area contributed by atoms with E-state index in [0.717, 1.165) is 47.7 Å². The molecule has 6 rings (SSSR count). The summed E-state index contributed by atoms with van der Waals surface area (Å²) in [6, 6.07) is 18.0. The van der Waals surface area contributed by atoms with Crippen LogP contribution in [0.25, 0.3) is 27.8 Å². The average Bonchev–Trinajstić information content (AvgIpc) is 3.43. The number of amides is 1. The minimum Gasteiger partial charge on any atom is -0.383 e. The second-order valence-electron chi connectivity index (χ2n) is 12.6. The third-order valence-corrected chi connectivity index (χ3v) is 9.16. The second kappa shape index (κ2) is 14.0. The van der Waals surface area contributed by atoms with Crippen LogP contribution in [0.15, 0.2) is 76.4 Å². The molecule has 0 aliphatic heterocycles. The van der Waals surface area contributed by atoms with Crippen LogP contribution in [0.2, 0.25) is 0 Å². The van der Waals surface area contributed by atoms with E-state index in [2.05, 4.69) is 32.4 Å². The zero-order chi connectivity index (χ0) is 33.9. The number of nitrogens with zero attached hydrogens (tertiary/aromatic N) is 6. The van der Waals surface area contributed by atoms with Gasteiger partial charge in [-0.25, -0.2) is 18.7 Å². The molecule has 1 N–H and O–H groups in total. The summed E-state index contributed by atoms with van der Waals surface area (Å²) < 4.78 is 23.9. The maximum Gasteiger partial charge on any atom is 0.337 e. The summed E-state index contributed by atoms with van der Waals surface area (Å²) >= 11 is 0. The summed E-state index contributed by atoms with van der Waals surface area (Å²) in [5.74, 6) is -0.910. The van der Waals surface area contributed by atoms with Gasteiger partial charge in [-0.1, -0.05) is 36.4 Å². The van der Waals surface area contributed by atoms with Crippen molar-refractivity contribution in [1.82, 2.24) is 34.1 Å². The Morgan fingerprint density at radius 2 is 1.79 bits per heavy atom. The number of aromatic nitrogens is 5. The highest BCUT2D eigenvalue weighted by molar-refractivity contribution is 5.92. The molecule has 0 atom stereocenters. The molecule has 3 heterocycles. The van der Waals surface area contributed by atoms with Crippen LogP contribution in [0.4, 0.5) is 4.39 Å². The van der Waals surface area contributed by atoms with E-state index in [-0.39, 0.29) is 23.0 Å². The number of hydrogen-bond donors (Lipinski definition) is 1. The molecule has 11 nitrogen and oxygen atoms in total. The molecule has 3 aromatic heterocycles. The highest BCUT2D eigenvalue weighted by atomic mass is 19.1. The van der Waals surface area contributed by atoms with Crippen LogP contribution in [-0.4, -0.2) is 68.1 Å². The van der Waals surface area contributed by atoms with Gasteiger partial charge in [0.1, 0.15) is 11.5 Å². The molecule has 5 aromatic rings. The molecule has 2 aromatic carbocycles. The summed E-state index contributed by atoms with van der Waals surface area (Å²) in [7, 11) is 5.52. The van der Waals surface area contributed by atoms with E-state index >= 15 is 0 Å². The van der Waals surface area contributed by atoms with Crippen molar-refractivity contribution in [2.45, 2.75) is 51.2 Å². The lowest BCUT2D eigenvalue weighted by Crippen LogP contribution is -2.45. The van der Waals surface area contributed by atoms with Gasteiger partial charge in [-0.15, -0.1) is 0 Å². The maximum atomic E-state index is 14.5. The second-order valence-corrected chi connectivity index (χ2v) is 12.6.